The van der Waals surface area contributed by atoms with Gasteiger partial charge in [0, 0.05) is 17.6 Å². The number of nitrogens with one attached hydrogen (secondary N) is 1. The van der Waals surface area contributed by atoms with Gasteiger partial charge in [-0.05, 0) is 48.6 Å². The Morgan fingerprint density at radius 3 is 2.77 bits per heavy atom. The summed E-state index contributed by atoms with van der Waals surface area (Å²) in [6.07, 6.45) is 1.49. The predicted octanol–water partition coefficient (Wildman–Crippen LogP) is 4.90. The quantitative estimate of drug-likeness (QED) is 0.333. The maximum atomic E-state index is 13.3. The molecule has 0 aliphatic carbocycles. The van der Waals surface area contributed by atoms with Gasteiger partial charge in [0.05, 0.1) is 11.3 Å². The normalized spacial score (nSPS) is 10.9. The number of thiophene rings is 1. The summed E-state index contributed by atoms with van der Waals surface area (Å²) in [5.74, 6) is 0.0566. The zero-order valence-corrected chi connectivity index (χ0v) is 18.5. The van der Waals surface area contributed by atoms with Crippen molar-refractivity contribution in [2.45, 2.75) is 25.4 Å². The van der Waals surface area contributed by atoms with Crippen LogP contribution >= 0.6 is 23.1 Å². The Kier molecular flexibility index (Phi) is 6.02. The minimum atomic E-state index is -0.308. The van der Waals surface area contributed by atoms with E-state index in [2.05, 4.69) is 21.4 Å². The summed E-state index contributed by atoms with van der Waals surface area (Å²) in [6, 6.07) is 10.3. The van der Waals surface area contributed by atoms with E-state index in [1.807, 2.05) is 29.9 Å². The van der Waals surface area contributed by atoms with Gasteiger partial charge in [-0.3, -0.25) is 4.79 Å². The molecule has 31 heavy (non-hydrogen) atoms. The number of carbonyl (C=O) groups excluding carboxylic acids is 1. The van der Waals surface area contributed by atoms with Crippen LogP contribution in [0.15, 0.2) is 47.1 Å². The van der Waals surface area contributed by atoms with Crippen LogP contribution in [0.5, 0.6) is 0 Å². The average Bonchev–Trinajstić information content (AvgIpc) is 3.33. The van der Waals surface area contributed by atoms with Gasteiger partial charge in [-0.2, -0.15) is 5.26 Å². The van der Waals surface area contributed by atoms with Gasteiger partial charge in [0.15, 0.2) is 0 Å². The highest BCUT2D eigenvalue weighted by molar-refractivity contribution is 8.00. The summed E-state index contributed by atoms with van der Waals surface area (Å²) in [5, 5.41) is 16.2. The third kappa shape index (κ3) is 4.31. The Balaban J connectivity index is 1.56. The number of aromatic nitrogens is 3. The van der Waals surface area contributed by atoms with Gasteiger partial charge in [-0.25, -0.2) is 14.4 Å². The summed E-state index contributed by atoms with van der Waals surface area (Å²) in [6.45, 7) is 4.17. The Hall–Kier alpha value is -3.22. The van der Waals surface area contributed by atoms with E-state index in [0.29, 0.717) is 17.9 Å². The molecule has 156 valence electrons. The number of nitriles is 1. The number of hydrogen-bond donors (Lipinski definition) is 1. The zero-order chi connectivity index (χ0) is 22.0. The van der Waals surface area contributed by atoms with Crippen LogP contribution in [0.4, 0.5) is 10.2 Å². The van der Waals surface area contributed by atoms with Gasteiger partial charge >= 0.3 is 0 Å². The van der Waals surface area contributed by atoms with Crippen molar-refractivity contribution < 1.29 is 9.18 Å². The number of hydrogen-bond acceptors (Lipinski definition) is 6. The Labute approximate surface area is 186 Å². The first kappa shape index (κ1) is 21.0. The first-order valence-corrected chi connectivity index (χ1v) is 11.3. The van der Waals surface area contributed by atoms with Crippen molar-refractivity contribution in [3.63, 3.8) is 0 Å². The molecule has 0 atom stereocenters. The van der Waals surface area contributed by atoms with E-state index in [0.717, 1.165) is 32.1 Å². The second-order valence-corrected chi connectivity index (χ2v) is 8.77. The highest BCUT2D eigenvalue weighted by Crippen LogP contribution is 2.30. The molecule has 0 aliphatic heterocycles. The number of amides is 1. The summed E-state index contributed by atoms with van der Waals surface area (Å²) in [7, 11) is 0. The maximum absolute atomic E-state index is 13.3. The monoisotopic (exact) mass is 451 g/mol. The van der Waals surface area contributed by atoms with Gasteiger partial charge in [-0.1, -0.05) is 23.9 Å². The molecule has 0 spiro atoms. The molecule has 4 aromatic rings. The number of benzene rings is 1. The van der Waals surface area contributed by atoms with Gasteiger partial charge < -0.3 is 9.88 Å². The van der Waals surface area contributed by atoms with Crippen molar-refractivity contribution in [1.29, 1.82) is 5.26 Å². The van der Waals surface area contributed by atoms with Crippen LogP contribution in [0.25, 0.3) is 10.2 Å². The molecule has 0 fully saturated rings. The summed E-state index contributed by atoms with van der Waals surface area (Å²) < 4.78 is 15.1. The minimum Gasteiger partial charge on any atom is -0.326 e. The van der Waals surface area contributed by atoms with E-state index >= 15 is 0 Å². The number of fused-ring (bicyclic) bond motifs is 1. The van der Waals surface area contributed by atoms with Gasteiger partial charge in [-0.15, -0.1) is 11.3 Å². The Morgan fingerprint density at radius 1 is 1.26 bits per heavy atom. The molecule has 0 saturated heterocycles. The molecular weight excluding hydrogens is 433 g/mol. The second-order valence-electron chi connectivity index (χ2n) is 6.91. The van der Waals surface area contributed by atoms with Gasteiger partial charge in [0.2, 0.25) is 5.91 Å². The largest absolute Gasteiger partial charge is 0.326 e. The summed E-state index contributed by atoms with van der Waals surface area (Å²) >= 11 is 2.85. The highest BCUT2D eigenvalue weighted by Gasteiger charge is 2.20. The molecule has 3 heterocycles. The first-order chi connectivity index (χ1) is 15.0. The number of thioether (sulfide) groups is 1. The number of anilines is 1. The van der Waals surface area contributed by atoms with Crippen LogP contribution in [0, 0.1) is 31.0 Å². The number of halogens is 1. The molecule has 0 aliphatic rings. The van der Waals surface area contributed by atoms with E-state index in [-0.39, 0.29) is 17.5 Å². The van der Waals surface area contributed by atoms with Crippen LogP contribution in [0.3, 0.4) is 0 Å². The zero-order valence-electron chi connectivity index (χ0n) is 16.8. The van der Waals surface area contributed by atoms with E-state index in [4.69, 9.17) is 0 Å². The average molecular weight is 452 g/mol. The van der Waals surface area contributed by atoms with E-state index < -0.39 is 0 Å². The molecule has 1 aromatic carbocycles. The van der Waals surface area contributed by atoms with Crippen LogP contribution < -0.4 is 5.32 Å². The smallest absolute Gasteiger partial charge is 0.235 e. The van der Waals surface area contributed by atoms with Crippen LogP contribution in [0.2, 0.25) is 0 Å². The summed E-state index contributed by atoms with van der Waals surface area (Å²) in [4.78, 5) is 22.1. The van der Waals surface area contributed by atoms with Crippen molar-refractivity contribution in [2.75, 3.05) is 11.1 Å². The van der Waals surface area contributed by atoms with Crippen molar-refractivity contribution in [1.82, 2.24) is 14.5 Å². The van der Waals surface area contributed by atoms with Crippen molar-refractivity contribution >= 4 is 45.0 Å². The molecule has 9 heteroatoms. The lowest BCUT2D eigenvalue weighted by Crippen LogP contribution is -2.18. The lowest BCUT2D eigenvalue weighted by molar-refractivity contribution is -0.113. The molecule has 6 nitrogen and oxygen atoms in total. The fourth-order valence-corrected chi connectivity index (χ4v) is 4.86. The SMILES string of the molecule is Cc1c(C#N)c(NC(=O)CSc2ncnc3sccc23)n(Cc2ccc(F)cc2)c1C. The second kappa shape index (κ2) is 8.88. The van der Waals surface area contributed by atoms with Crippen molar-refractivity contribution in [2.24, 2.45) is 0 Å². The first-order valence-electron chi connectivity index (χ1n) is 9.43. The molecule has 0 bridgehead atoms. The van der Waals surface area contributed by atoms with Crippen LogP contribution in [-0.2, 0) is 11.3 Å². The van der Waals surface area contributed by atoms with Crippen molar-refractivity contribution in [3.05, 3.63) is 70.2 Å². The summed E-state index contributed by atoms with van der Waals surface area (Å²) in [5.41, 5.74) is 2.98. The molecule has 1 amide bonds. The Bertz CT molecular complexity index is 1300. The molecule has 1 N–H and O–H groups in total. The Morgan fingerprint density at radius 2 is 2.03 bits per heavy atom. The highest BCUT2D eigenvalue weighted by atomic mass is 32.2. The lowest BCUT2D eigenvalue weighted by atomic mass is 10.2. The van der Waals surface area contributed by atoms with E-state index in [1.165, 1.54) is 41.6 Å². The minimum absolute atomic E-state index is 0.145. The molecular formula is C22H18FN5OS2. The fraction of sp³-hybridized carbons (Fsp3) is 0.182. The fourth-order valence-electron chi connectivity index (χ4n) is 3.28. The van der Waals surface area contributed by atoms with Crippen LogP contribution in [-0.4, -0.2) is 26.2 Å². The standard InChI is InChI=1S/C22H18FN5OS2/c1-13-14(2)28(10-15-3-5-16(23)6-4-15)20(18(13)9-24)27-19(29)11-31-22-17-7-8-30-21(17)25-12-26-22/h3-8,12H,10-11H2,1-2H3,(H,27,29). The van der Waals surface area contributed by atoms with Gasteiger partial charge in [0.25, 0.3) is 0 Å². The third-order valence-electron chi connectivity index (χ3n) is 5.02. The molecule has 0 saturated carbocycles. The predicted molar refractivity (Wildman–Crippen MR) is 121 cm³/mol. The lowest BCUT2D eigenvalue weighted by Gasteiger charge is -2.13. The molecule has 4 rings (SSSR count). The number of rotatable bonds is 6. The maximum Gasteiger partial charge on any atom is 0.235 e. The molecule has 0 radical (unpaired) electrons. The van der Waals surface area contributed by atoms with Crippen molar-refractivity contribution in [3.8, 4) is 6.07 Å². The third-order valence-corrected chi connectivity index (χ3v) is 6.84. The number of nitrogens with zero attached hydrogens (tertiary/aromatic N) is 4. The molecule has 3 aromatic heterocycles. The topological polar surface area (TPSA) is 83.6 Å². The van der Waals surface area contributed by atoms with Crippen LogP contribution in [0.1, 0.15) is 22.4 Å². The number of carbonyl (C=O) groups is 1. The molecule has 0 unspecified atom stereocenters. The van der Waals surface area contributed by atoms with E-state index in [9.17, 15) is 14.4 Å². The van der Waals surface area contributed by atoms with Gasteiger partial charge in [0.1, 0.15) is 33.9 Å². The van der Waals surface area contributed by atoms with E-state index in [1.54, 1.807) is 12.1 Å².